The summed E-state index contributed by atoms with van der Waals surface area (Å²) in [6.45, 7) is 0.848. The topological polar surface area (TPSA) is 62.7 Å². The molecule has 1 fully saturated rings. The molecule has 0 amide bonds. The van der Waals surface area contributed by atoms with Crippen molar-refractivity contribution in [3.63, 3.8) is 0 Å². The first-order valence-electron chi connectivity index (χ1n) is 10.1. The van der Waals surface area contributed by atoms with Gasteiger partial charge in [0.2, 0.25) is 0 Å². The largest absolute Gasteiger partial charge is 0.481 e. The van der Waals surface area contributed by atoms with Crippen LogP contribution in [0.5, 0.6) is 10.9 Å². The third kappa shape index (κ3) is 4.95. The zero-order valence-electron chi connectivity index (χ0n) is 16.6. The quantitative estimate of drug-likeness (QED) is 0.488. The van der Waals surface area contributed by atoms with Crippen molar-refractivity contribution in [2.24, 2.45) is 0 Å². The number of hydrogen-bond acceptors (Lipinski definition) is 5. The summed E-state index contributed by atoms with van der Waals surface area (Å²) < 4.78 is 7.06. The summed E-state index contributed by atoms with van der Waals surface area (Å²) in [5.74, 6) is 0.0936. The number of aromatic nitrogens is 1. The molecular weight excluding hydrogens is 384 g/mol. The first kappa shape index (κ1) is 19.9. The standard InChI is InChI=1S/C23H26N2O3S/c1-25(16-4-7-21(26)27)23(14-15-23)13-12-17-8-10-18(11-9-17)28-22-24-19-5-2-3-6-20(19)29-22/h2-3,5-6,8-11H,4,7,12-16H2,1H3,(H,26,27). The van der Waals surface area contributed by atoms with Gasteiger partial charge in [-0.1, -0.05) is 35.6 Å². The molecule has 2 aromatic carbocycles. The fraction of sp³-hybridized carbons (Fsp3) is 0.391. The molecule has 0 atom stereocenters. The number of carboxylic acids is 1. The molecule has 0 unspecified atom stereocenters. The molecule has 1 saturated carbocycles. The Kier molecular flexibility index (Phi) is 5.83. The summed E-state index contributed by atoms with van der Waals surface area (Å²) in [5, 5.41) is 9.48. The predicted octanol–water partition coefficient (Wildman–Crippen LogP) is 5.35. The van der Waals surface area contributed by atoms with E-state index in [4.69, 9.17) is 9.84 Å². The third-order valence-corrected chi connectivity index (χ3v) is 6.72. The molecule has 1 aliphatic carbocycles. The van der Waals surface area contributed by atoms with Crippen LogP contribution in [0.15, 0.2) is 48.5 Å². The van der Waals surface area contributed by atoms with Gasteiger partial charge in [-0.2, -0.15) is 0 Å². The molecule has 0 saturated heterocycles. The highest BCUT2D eigenvalue weighted by molar-refractivity contribution is 7.20. The molecule has 0 spiro atoms. The van der Waals surface area contributed by atoms with E-state index in [2.05, 4.69) is 35.1 Å². The van der Waals surface area contributed by atoms with Crippen LogP contribution < -0.4 is 4.74 Å². The minimum Gasteiger partial charge on any atom is -0.481 e. The van der Waals surface area contributed by atoms with Crippen LogP contribution in [0.25, 0.3) is 10.2 Å². The van der Waals surface area contributed by atoms with Crippen LogP contribution in [0.3, 0.4) is 0 Å². The van der Waals surface area contributed by atoms with E-state index in [1.165, 1.54) is 18.4 Å². The van der Waals surface area contributed by atoms with E-state index in [1.807, 2.05) is 30.3 Å². The minimum atomic E-state index is -0.712. The monoisotopic (exact) mass is 410 g/mol. The molecule has 5 nitrogen and oxygen atoms in total. The highest BCUT2D eigenvalue weighted by Crippen LogP contribution is 2.45. The molecule has 0 bridgehead atoms. The number of nitrogens with zero attached hydrogens (tertiary/aromatic N) is 2. The van der Waals surface area contributed by atoms with Gasteiger partial charge in [0, 0.05) is 12.0 Å². The molecule has 1 aromatic heterocycles. The lowest BCUT2D eigenvalue weighted by Gasteiger charge is -2.28. The predicted molar refractivity (Wildman–Crippen MR) is 116 cm³/mol. The SMILES string of the molecule is CN(CCCC(=O)O)C1(CCc2ccc(Oc3nc4ccccc4s3)cc2)CC1. The van der Waals surface area contributed by atoms with Crippen LogP contribution >= 0.6 is 11.3 Å². The van der Waals surface area contributed by atoms with E-state index in [0.717, 1.165) is 35.4 Å². The van der Waals surface area contributed by atoms with Gasteiger partial charge >= 0.3 is 5.97 Å². The summed E-state index contributed by atoms with van der Waals surface area (Å²) in [6.07, 6.45) is 5.49. The number of fused-ring (bicyclic) bond motifs is 1. The van der Waals surface area contributed by atoms with Crippen LogP contribution in [0.1, 0.15) is 37.7 Å². The zero-order valence-corrected chi connectivity index (χ0v) is 17.5. The van der Waals surface area contributed by atoms with Crippen LogP contribution in [0, 0.1) is 0 Å². The van der Waals surface area contributed by atoms with Crippen molar-refractivity contribution in [2.45, 2.75) is 44.1 Å². The van der Waals surface area contributed by atoms with Crippen LogP contribution in [-0.2, 0) is 11.2 Å². The maximum Gasteiger partial charge on any atom is 0.303 e. The van der Waals surface area contributed by atoms with Gasteiger partial charge in [-0.25, -0.2) is 4.98 Å². The Labute approximate surface area is 175 Å². The average molecular weight is 411 g/mol. The van der Waals surface area contributed by atoms with Gasteiger partial charge in [-0.15, -0.1) is 0 Å². The molecule has 29 heavy (non-hydrogen) atoms. The molecule has 3 aromatic rings. The molecule has 1 N–H and O–H groups in total. The zero-order chi connectivity index (χ0) is 20.3. The molecular formula is C23H26N2O3S. The smallest absolute Gasteiger partial charge is 0.303 e. The van der Waals surface area contributed by atoms with Crippen LogP contribution in [0.4, 0.5) is 0 Å². The van der Waals surface area contributed by atoms with Crippen molar-refractivity contribution < 1.29 is 14.6 Å². The number of rotatable bonds is 10. The lowest BCUT2D eigenvalue weighted by molar-refractivity contribution is -0.137. The fourth-order valence-electron chi connectivity index (χ4n) is 3.77. The lowest BCUT2D eigenvalue weighted by Crippen LogP contribution is -2.35. The third-order valence-electron chi connectivity index (χ3n) is 5.80. The summed E-state index contributed by atoms with van der Waals surface area (Å²) in [6, 6.07) is 16.3. The highest BCUT2D eigenvalue weighted by Gasteiger charge is 2.45. The van der Waals surface area contributed by atoms with Crippen molar-refractivity contribution in [3.05, 3.63) is 54.1 Å². The van der Waals surface area contributed by atoms with Crippen LogP contribution in [-0.4, -0.2) is 40.1 Å². The molecule has 4 rings (SSSR count). The fourth-order valence-corrected chi connectivity index (χ4v) is 4.60. The van der Waals surface area contributed by atoms with Gasteiger partial charge in [-0.05, 0) is 75.5 Å². The number of aliphatic carboxylic acids is 1. The van der Waals surface area contributed by atoms with Gasteiger partial charge in [-0.3, -0.25) is 4.79 Å². The number of carbonyl (C=O) groups is 1. The summed E-state index contributed by atoms with van der Waals surface area (Å²) in [4.78, 5) is 17.6. The molecule has 0 aliphatic heterocycles. The van der Waals surface area contributed by atoms with Gasteiger partial charge in [0.1, 0.15) is 5.75 Å². The molecule has 1 heterocycles. The first-order chi connectivity index (χ1) is 14.0. The number of hydrogen-bond donors (Lipinski definition) is 1. The van der Waals surface area contributed by atoms with Gasteiger partial charge in [0.15, 0.2) is 0 Å². The maximum atomic E-state index is 10.7. The van der Waals surface area contributed by atoms with E-state index < -0.39 is 5.97 Å². The molecule has 6 heteroatoms. The Morgan fingerprint density at radius 2 is 1.97 bits per heavy atom. The molecule has 1 aliphatic rings. The Morgan fingerprint density at radius 1 is 1.21 bits per heavy atom. The number of carboxylic acid groups (broad SMARTS) is 1. The summed E-state index contributed by atoms with van der Waals surface area (Å²) in [7, 11) is 2.13. The molecule has 152 valence electrons. The van der Waals surface area contributed by atoms with Crippen molar-refractivity contribution >= 4 is 27.5 Å². The summed E-state index contributed by atoms with van der Waals surface area (Å²) >= 11 is 1.55. The van der Waals surface area contributed by atoms with E-state index in [1.54, 1.807) is 11.3 Å². The van der Waals surface area contributed by atoms with Crippen molar-refractivity contribution in [1.29, 1.82) is 0 Å². The number of para-hydroxylation sites is 1. The first-order valence-corrected chi connectivity index (χ1v) is 10.9. The van der Waals surface area contributed by atoms with Gasteiger partial charge in [0.05, 0.1) is 10.2 Å². The van der Waals surface area contributed by atoms with Crippen molar-refractivity contribution in [1.82, 2.24) is 9.88 Å². The Balaban J connectivity index is 1.29. The van der Waals surface area contributed by atoms with Crippen LogP contribution in [0.2, 0.25) is 0 Å². The van der Waals surface area contributed by atoms with E-state index in [9.17, 15) is 4.79 Å². The second kappa shape index (κ2) is 8.51. The lowest BCUT2D eigenvalue weighted by atomic mass is 10.0. The second-order valence-electron chi connectivity index (χ2n) is 7.84. The summed E-state index contributed by atoms with van der Waals surface area (Å²) in [5.41, 5.74) is 2.52. The minimum absolute atomic E-state index is 0.247. The number of benzene rings is 2. The van der Waals surface area contributed by atoms with Crippen molar-refractivity contribution in [3.8, 4) is 10.9 Å². The number of thiazole rings is 1. The molecule has 0 radical (unpaired) electrons. The Morgan fingerprint density at radius 3 is 2.66 bits per heavy atom. The van der Waals surface area contributed by atoms with E-state index in [-0.39, 0.29) is 12.0 Å². The van der Waals surface area contributed by atoms with Gasteiger partial charge < -0.3 is 14.7 Å². The Hall–Kier alpha value is -2.44. The maximum absolute atomic E-state index is 10.7. The normalized spacial score (nSPS) is 15.0. The van der Waals surface area contributed by atoms with Gasteiger partial charge in [0.25, 0.3) is 5.19 Å². The number of aryl methyl sites for hydroxylation is 1. The number of ether oxygens (including phenoxy) is 1. The Bertz CT molecular complexity index is 946. The van der Waals surface area contributed by atoms with Crippen molar-refractivity contribution in [2.75, 3.05) is 13.6 Å². The second-order valence-corrected chi connectivity index (χ2v) is 8.83. The van der Waals surface area contributed by atoms with E-state index in [0.29, 0.717) is 11.6 Å². The van der Waals surface area contributed by atoms with E-state index >= 15 is 0 Å². The highest BCUT2D eigenvalue weighted by atomic mass is 32.1. The average Bonchev–Trinajstić information content (AvgIpc) is 3.39.